The van der Waals surface area contributed by atoms with Crippen molar-refractivity contribution >= 4 is 0 Å². The van der Waals surface area contributed by atoms with Gasteiger partial charge in [0.1, 0.15) is 5.75 Å². The smallest absolute Gasteiger partial charge is 0.118 e. The van der Waals surface area contributed by atoms with Gasteiger partial charge in [0.25, 0.3) is 0 Å². The number of rotatable bonds is 3. The van der Waals surface area contributed by atoms with Gasteiger partial charge in [-0.15, -0.1) is 0 Å². The molecule has 0 spiro atoms. The predicted molar refractivity (Wildman–Crippen MR) is 72.3 cm³/mol. The Labute approximate surface area is 108 Å². The summed E-state index contributed by atoms with van der Waals surface area (Å²) in [4.78, 5) is 0. The molecule has 0 radical (unpaired) electrons. The average molecular weight is 239 g/mol. The Bertz CT molecular complexity index is 507. The lowest BCUT2D eigenvalue weighted by Crippen LogP contribution is -2.31. The molecule has 0 aromatic heterocycles. The van der Waals surface area contributed by atoms with E-state index in [1.807, 2.05) is 24.3 Å². The van der Waals surface area contributed by atoms with Gasteiger partial charge in [0.05, 0.1) is 13.2 Å². The van der Waals surface area contributed by atoms with Crippen LogP contribution in [0.4, 0.5) is 0 Å². The Morgan fingerprint density at radius 3 is 2.56 bits per heavy atom. The lowest BCUT2D eigenvalue weighted by atomic mass is 9.67. The van der Waals surface area contributed by atoms with Gasteiger partial charge in [-0.1, -0.05) is 43.4 Å². The molecule has 2 heteroatoms. The van der Waals surface area contributed by atoms with E-state index in [2.05, 4.69) is 37.3 Å². The van der Waals surface area contributed by atoms with Crippen LogP contribution in [-0.2, 0) is 5.41 Å². The molecule has 0 fully saturated rings. The first-order valence-corrected chi connectivity index (χ1v) is 6.10. The number of nitriles is 1. The predicted octanol–water partition coefficient (Wildman–Crippen LogP) is 3.61. The molecule has 18 heavy (non-hydrogen) atoms. The normalized spacial score (nSPS) is 25.7. The Balaban J connectivity index is 2.44. The van der Waals surface area contributed by atoms with Crippen LogP contribution in [0.1, 0.15) is 18.9 Å². The second-order valence-corrected chi connectivity index (χ2v) is 4.64. The van der Waals surface area contributed by atoms with Gasteiger partial charge in [-0.05, 0) is 23.6 Å². The van der Waals surface area contributed by atoms with E-state index in [9.17, 15) is 0 Å². The molecule has 0 heterocycles. The van der Waals surface area contributed by atoms with Crippen LogP contribution in [0.25, 0.3) is 0 Å². The van der Waals surface area contributed by atoms with Gasteiger partial charge in [0.2, 0.25) is 0 Å². The van der Waals surface area contributed by atoms with Crippen LogP contribution in [0.2, 0.25) is 0 Å². The molecule has 2 unspecified atom stereocenters. The molecule has 0 amide bonds. The first-order chi connectivity index (χ1) is 8.73. The maximum atomic E-state index is 9.13. The van der Waals surface area contributed by atoms with Gasteiger partial charge in [-0.25, -0.2) is 0 Å². The van der Waals surface area contributed by atoms with E-state index in [1.54, 1.807) is 7.11 Å². The maximum Gasteiger partial charge on any atom is 0.118 e. The summed E-state index contributed by atoms with van der Waals surface area (Å²) >= 11 is 0. The third-order valence-corrected chi connectivity index (χ3v) is 3.72. The number of ether oxygens (including phenoxy) is 1. The Kier molecular flexibility index (Phi) is 3.53. The minimum Gasteiger partial charge on any atom is -0.497 e. The van der Waals surface area contributed by atoms with Gasteiger partial charge in [0.15, 0.2) is 0 Å². The molecular weight excluding hydrogens is 222 g/mol. The zero-order valence-electron chi connectivity index (χ0n) is 10.8. The van der Waals surface area contributed by atoms with Crippen molar-refractivity contribution in [2.45, 2.75) is 18.8 Å². The van der Waals surface area contributed by atoms with Crippen molar-refractivity contribution in [1.29, 1.82) is 5.26 Å². The molecule has 1 aromatic rings. The summed E-state index contributed by atoms with van der Waals surface area (Å²) in [5.74, 6) is 1.16. The van der Waals surface area contributed by atoms with Gasteiger partial charge >= 0.3 is 0 Å². The van der Waals surface area contributed by atoms with E-state index in [0.29, 0.717) is 12.3 Å². The monoisotopic (exact) mass is 239 g/mol. The zero-order valence-corrected chi connectivity index (χ0v) is 10.8. The van der Waals surface area contributed by atoms with Crippen LogP contribution in [0.15, 0.2) is 48.6 Å². The average Bonchev–Trinajstić information content (AvgIpc) is 2.42. The molecule has 0 N–H and O–H groups in total. The van der Waals surface area contributed by atoms with Crippen molar-refractivity contribution in [2.75, 3.05) is 7.11 Å². The van der Waals surface area contributed by atoms with Gasteiger partial charge in [-0.2, -0.15) is 5.26 Å². The van der Waals surface area contributed by atoms with Crippen LogP contribution >= 0.6 is 0 Å². The third-order valence-electron chi connectivity index (χ3n) is 3.72. The fourth-order valence-corrected chi connectivity index (χ4v) is 2.49. The summed E-state index contributed by atoms with van der Waals surface area (Å²) in [6.45, 7) is 2.15. The first-order valence-electron chi connectivity index (χ1n) is 6.10. The van der Waals surface area contributed by atoms with Crippen molar-refractivity contribution < 1.29 is 4.74 Å². The molecular formula is C16H17NO. The first kappa shape index (κ1) is 12.4. The molecule has 2 atom stereocenters. The second kappa shape index (κ2) is 5.10. The fraction of sp³-hybridized carbons (Fsp3) is 0.312. The highest BCUT2D eigenvalue weighted by molar-refractivity contribution is 5.41. The number of hydrogen-bond acceptors (Lipinski definition) is 2. The van der Waals surface area contributed by atoms with Crippen molar-refractivity contribution in [3.63, 3.8) is 0 Å². The van der Waals surface area contributed by atoms with Crippen LogP contribution in [0.5, 0.6) is 5.75 Å². The molecule has 2 nitrogen and oxygen atoms in total. The Morgan fingerprint density at radius 2 is 2.00 bits per heavy atom. The number of methoxy groups -OCH3 is 1. The van der Waals surface area contributed by atoms with E-state index in [1.165, 1.54) is 0 Å². The summed E-state index contributed by atoms with van der Waals surface area (Å²) in [6.07, 6.45) is 8.86. The quantitative estimate of drug-likeness (QED) is 0.807. The Morgan fingerprint density at radius 1 is 1.28 bits per heavy atom. The lowest BCUT2D eigenvalue weighted by molar-refractivity contribution is 0.409. The van der Waals surface area contributed by atoms with E-state index in [4.69, 9.17) is 10.00 Å². The summed E-state index contributed by atoms with van der Waals surface area (Å²) in [7, 11) is 1.66. The SMILES string of the molecule is COc1ccc(C2(CC#N)C=CC=CC2C)cc1. The van der Waals surface area contributed by atoms with Crippen LogP contribution in [-0.4, -0.2) is 7.11 Å². The molecule has 1 aliphatic carbocycles. The summed E-state index contributed by atoms with van der Waals surface area (Å²) in [5.41, 5.74) is 0.952. The van der Waals surface area contributed by atoms with Crippen molar-refractivity contribution in [2.24, 2.45) is 5.92 Å². The highest BCUT2D eigenvalue weighted by atomic mass is 16.5. The van der Waals surface area contributed by atoms with E-state index >= 15 is 0 Å². The largest absolute Gasteiger partial charge is 0.497 e. The van der Waals surface area contributed by atoms with Crippen LogP contribution in [0.3, 0.4) is 0 Å². The van der Waals surface area contributed by atoms with Gasteiger partial charge in [0, 0.05) is 11.8 Å². The fourth-order valence-electron chi connectivity index (χ4n) is 2.49. The highest BCUT2D eigenvalue weighted by Gasteiger charge is 2.35. The minimum absolute atomic E-state index is 0.213. The molecule has 1 aromatic carbocycles. The van der Waals surface area contributed by atoms with Gasteiger partial charge in [-0.3, -0.25) is 0 Å². The lowest BCUT2D eigenvalue weighted by Gasteiger charge is -2.35. The molecule has 1 aliphatic rings. The standard InChI is InChI=1S/C16H17NO/c1-13-5-3-4-10-16(13,11-12-17)14-6-8-15(18-2)9-7-14/h3-10,13H,11H2,1-2H3. The molecule has 0 bridgehead atoms. The van der Waals surface area contributed by atoms with Crippen molar-refractivity contribution in [3.8, 4) is 11.8 Å². The second-order valence-electron chi connectivity index (χ2n) is 4.64. The van der Waals surface area contributed by atoms with E-state index in [0.717, 1.165) is 11.3 Å². The number of allylic oxidation sites excluding steroid dienone is 4. The molecule has 0 saturated carbocycles. The van der Waals surface area contributed by atoms with E-state index in [-0.39, 0.29) is 5.41 Å². The molecule has 92 valence electrons. The number of hydrogen-bond donors (Lipinski definition) is 0. The minimum atomic E-state index is -0.213. The van der Waals surface area contributed by atoms with Gasteiger partial charge < -0.3 is 4.74 Å². The summed E-state index contributed by atoms with van der Waals surface area (Å²) < 4.78 is 5.18. The van der Waals surface area contributed by atoms with Crippen LogP contribution in [0, 0.1) is 17.2 Å². The van der Waals surface area contributed by atoms with Crippen molar-refractivity contribution in [1.82, 2.24) is 0 Å². The van der Waals surface area contributed by atoms with E-state index < -0.39 is 0 Å². The summed E-state index contributed by atoms with van der Waals surface area (Å²) in [6, 6.07) is 10.3. The highest BCUT2D eigenvalue weighted by Crippen LogP contribution is 2.40. The summed E-state index contributed by atoms with van der Waals surface area (Å²) in [5, 5.41) is 9.13. The Hall–Kier alpha value is -2.01. The number of nitrogens with zero attached hydrogens (tertiary/aromatic N) is 1. The van der Waals surface area contributed by atoms with Crippen molar-refractivity contribution in [3.05, 3.63) is 54.1 Å². The molecule has 0 aliphatic heterocycles. The molecule has 2 rings (SSSR count). The van der Waals surface area contributed by atoms with Crippen LogP contribution < -0.4 is 4.74 Å². The maximum absolute atomic E-state index is 9.13. The third kappa shape index (κ3) is 2.04. The number of benzene rings is 1. The molecule has 0 saturated heterocycles. The zero-order chi connectivity index (χ0) is 13.0. The topological polar surface area (TPSA) is 33.0 Å².